The molecule has 0 atom stereocenters. The molecule has 24 heavy (non-hydrogen) atoms. The second kappa shape index (κ2) is 6.84. The lowest BCUT2D eigenvalue weighted by Crippen LogP contribution is -2.29. The van der Waals surface area contributed by atoms with Crippen LogP contribution in [0.3, 0.4) is 0 Å². The zero-order valence-corrected chi connectivity index (χ0v) is 13.6. The third-order valence-corrected chi connectivity index (χ3v) is 4.65. The van der Waals surface area contributed by atoms with Crippen molar-refractivity contribution in [2.24, 2.45) is 0 Å². The van der Waals surface area contributed by atoms with Gasteiger partial charge in [-0.25, -0.2) is 0 Å². The van der Waals surface area contributed by atoms with Gasteiger partial charge in [-0.2, -0.15) is 0 Å². The summed E-state index contributed by atoms with van der Waals surface area (Å²) in [7, 11) is 0. The van der Waals surface area contributed by atoms with E-state index >= 15 is 0 Å². The summed E-state index contributed by atoms with van der Waals surface area (Å²) in [6.07, 6.45) is 2.27. The molecule has 0 aliphatic heterocycles. The normalized spacial score (nSPS) is 13.3. The van der Waals surface area contributed by atoms with Crippen molar-refractivity contribution in [2.75, 3.05) is 11.9 Å². The van der Waals surface area contributed by atoms with Crippen LogP contribution < -0.4 is 10.6 Å². The van der Waals surface area contributed by atoms with Gasteiger partial charge in [-0.1, -0.05) is 0 Å². The van der Waals surface area contributed by atoms with E-state index in [1.807, 2.05) is 11.4 Å². The fourth-order valence-electron chi connectivity index (χ4n) is 2.37. The zero-order valence-electron chi connectivity index (χ0n) is 12.7. The number of benzene rings is 1. The lowest BCUT2D eigenvalue weighted by atomic mass is 10.1. The Morgan fingerprint density at radius 2 is 1.79 bits per heavy atom. The van der Waals surface area contributed by atoms with Gasteiger partial charge in [0, 0.05) is 11.3 Å². The maximum atomic E-state index is 12.4. The Morgan fingerprint density at radius 1 is 1.08 bits per heavy atom. The minimum Gasteiger partial charge on any atom is -0.480 e. The van der Waals surface area contributed by atoms with Gasteiger partial charge < -0.3 is 15.7 Å². The fraction of sp³-hybridized carbons (Fsp3) is 0.235. The van der Waals surface area contributed by atoms with Crippen LogP contribution in [0.1, 0.15) is 44.4 Å². The van der Waals surface area contributed by atoms with Gasteiger partial charge in [0.1, 0.15) is 6.54 Å². The van der Waals surface area contributed by atoms with E-state index in [2.05, 4.69) is 10.6 Å². The molecule has 1 aliphatic rings. The Labute approximate surface area is 142 Å². The Bertz CT molecular complexity index is 778. The van der Waals surface area contributed by atoms with Crippen LogP contribution in [0.25, 0.3) is 0 Å². The summed E-state index contributed by atoms with van der Waals surface area (Å²) < 4.78 is 0. The molecule has 3 rings (SSSR count). The second-order valence-corrected chi connectivity index (χ2v) is 6.50. The summed E-state index contributed by atoms with van der Waals surface area (Å²) in [5, 5.41) is 15.6. The van der Waals surface area contributed by atoms with E-state index in [1.165, 1.54) is 11.3 Å². The van der Waals surface area contributed by atoms with Crippen LogP contribution in [-0.4, -0.2) is 29.4 Å². The van der Waals surface area contributed by atoms with Crippen LogP contribution in [0.5, 0.6) is 0 Å². The number of amides is 2. The molecule has 0 spiro atoms. The van der Waals surface area contributed by atoms with Gasteiger partial charge in [0.25, 0.3) is 11.8 Å². The van der Waals surface area contributed by atoms with Crippen LogP contribution in [0.4, 0.5) is 5.69 Å². The first kappa shape index (κ1) is 16.2. The van der Waals surface area contributed by atoms with E-state index in [1.54, 1.807) is 24.3 Å². The lowest BCUT2D eigenvalue weighted by Gasteiger charge is -2.07. The summed E-state index contributed by atoms with van der Waals surface area (Å²) in [4.78, 5) is 35.3. The number of carboxylic acid groups (broad SMARTS) is 1. The maximum Gasteiger partial charge on any atom is 0.322 e. The van der Waals surface area contributed by atoms with Crippen molar-refractivity contribution in [1.29, 1.82) is 0 Å². The van der Waals surface area contributed by atoms with Crippen LogP contribution >= 0.6 is 11.3 Å². The molecule has 2 amide bonds. The Morgan fingerprint density at radius 3 is 2.42 bits per heavy atom. The van der Waals surface area contributed by atoms with Gasteiger partial charge in [0.2, 0.25) is 0 Å². The van der Waals surface area contributed by atoms with Crippen molar-refractivity contribution < 1.29 is 19.5 Å². The van der Waals surface area contributed by atoms with Gasteiger partial charge in [-0.15, -0.1) is 11.3 Å². The van der Waals surface area contributed by atoms with Gasteiger partial charge in [-0.3, -0.25) is 14.4 Å². The van der Waals surface area contributed by atoms with Gasteiger partial charge >= 0.3 is 5.97 Å². The summed E-state index contributed by atoms with van der Waals surface area (Å²) in [6, 6.07) is 8.34. The van der Waals surface area contributed by atoms with Crippen LogP contribution in [0.15, 0.2) is 35.7 Å². The summed E-state index contributed by atoms with van der Waals surface area (Å²) in [5.74, 6) is -1.20. The van der Waals surface area contributed by atoms with Crippen molar-refractivity contribution in [3.8, 4) is 0 Å². The van der Waals surface area contributed by atoms with Crippen LogP contribution in [0, 0.1) is 0 Å². The summed E-state index contributed by atoms with van der Waals surface area (Å²) >= 11 is 1.43. The minimum atomic E-state index is -1.10. The molecular formula is C17H16N2O4S. The van der Waals surface area contributed by atoms with E-state index in [0.717, 1.165) is 23.3 Å². The molecule has 124 valence electrons. The number of carboxylic acids is 1. The highest BCUT2D eigenvalue weighted by molar-refractivity contribution is 7.12. The molecule has 6 nitrogen and oxygen atoms in total. The first-order chi connectivity index (χ1) is 11.5. The average Bonchev–Trinajstić information content (AvgIpc) is 3.29. The maximum absolute atomic E-state index is 12.4. The van der Waals surface area contributed by atoms with Gasteiger partial charge in [0.05, 0.1) is 4.88 Å². The highest BCUT2D eigenvalue weighted by Gasteiger charge is 2.28. The largest absolute Gasteiger partial charge is 0.480 e. The van der Waals surface area contributed by atoms with Crippen molar-refractivity contribution in [2.45, 2.75) is 18.8 Å². The first-order valence-electron chi connectivity index (χ1n) is 7.53. The van der Waals surface area contributed by atoms with Crippen molar-refractivity contribution in [3.63, 3.8) is 0 Å². The Balaban J connectivity index is 1.63. The van der Waals surface area contributed by atoms with Crippen molar-refractivity contribution >= 4 is 34.8 Å². The predicted octanol–water partition coefficient (Wildman–Crippen LogP) is 2.69. The van der Waals surface area contributed by atoms with E-state index < -0.39 is 18.4 Å². The minimum absolute atomic E-state index is 0.144. The van der Waals surface area contributed by atoms with Gasteiger partial charge in [0.15, 0.2) is 0 Å². The number of nitrogens with one attached hydrogen (secondary N) is 2. The molecule has 1 fully saturated rings. The SMILES string of the molecule is O=C(O)CNC(=O)c1ccc(NC(=O)c2sccc2C2CC2)cc1. The average molecular weight is 344 g/mol. The second-order valence-electron chi connectivity index (χ2n) is 5.59. The quantitative estimate of drug-likeness (QED) is 0.751. The Kier molecular flexibility index (Phi) is 4.61. The standard InChI is InChI=1S/C17H16N2O4S/c20-14(21)9-18-16(22)11-3-5-12(6-4-11)19-17(23)15-13(7-8-24-15)10-1-2-10/h3-8,10H,1-2,9H2,(H,18,22)(H,19,23)(H,20,21). The molecule has 3 N–H and O–H groups in total. The van der Waals surface area contributed by atoms with Crippen LogP contribution in [-0.2, 0) is 4.79 Å². The molecular weight excluding hydrogens is 328 g/mol. The molecule has 2 aromatic rings. The van der Waals surface area contributed by atoms with Crippen molar-refractivity contribution in [1.82, 2.24) is 5.32 Å². The smallest absolute Gasteiger partial charge is 0.322 e. The number of anilines is 1. The molecule has 1 heterocycles. The van der Waals surface area contributed by atoms with E-state index in [0.29, 0.717) is 17.2 Å². The zero-order chi connectivity index (χ0) is 17.1. The van der Waals surface area contributed by atoms with E-state index in [4.69, 9.17) is 5.11 Å². The highest BCUT2D eigenvalue weighted by atomic mass is 32.1. The molecule has 7 heteroatoms. The first-order valence-corrected chi connectivity index (χ1v) is 8.41. The molecule has 0 radical (unpaired) electrons. The predicted molar refractivity (Wildman–Crippen MR) is 90.7 cm³/mol. The topological polar surface area (TPSA) is 95.5 Å². The van der Waals surface area contributed by atoms with Crippen LogP contribution in [0.2, 0.25) is 0 Å². The molecule has 1 saturated carbocycles. The van der Waals surface area contributed by atoms with Crippen molar-refractivity contribution in [3.05, 3.63) is 51.7 Å². The number of thiophene rings is 1. The molecule has 0 saturated heterocycles. The number of rotatable bonds is 6. The van der Waals surface area contributed by atoms with E-state index in [-0.39, 0.29) is 5.91 Å². The monoisotopic (exact) mass is 344 g/mol. The fourth-order valence-corrected chi connectivity index (χ4v) is 3.25. The molecule has 0 bridgehead atoms. The number of carbonyl (C=O) groups is 3. The third-order valence-electron chi connectivity index (χ3n) is 3.72. The van der Waals surface area contributed by atoms with Gasteiger partial charge in [-0.05, 0) is 60.0 Å². The lowest BCUT2D eigenvalue weighted by molar-refractivity contribution is -0.135. The number of carbonyl (C=O) groups excluding carboxylic acids is 2. The molecule has 1 aliphatic carbocycles. The number of hydrogen-bond donors (Lipinski definition) is 3. The number of hydrogen-bond acceptors (Lipinski definition) is 4. The molecule has 0 unspecified atom stereocenters. The highest BCUT2D eigenvalue weighted by Crippen LogP contribution is 2.43. The molecule has 1 aromatic carbocycles. The Hall–Kier alpha value is -2.67. The molecule has 1 aromatic heterocycles. The number of aliphatic carboxylic acids is 1. The van der Waals surface area contributed by atoms with E-state index in [9.17, 15) is 14.4 Å². The summed E-state index contributed by atoms with van der Waals surface area (Å²) in [5.41, 5.74) is 2.04. The third kappa shape index (κ3) is 3.80. The summed E-state index contributed by atoms with van der Waals surface area (Å²) in [6.45, 7) is -0.431.